The van der Waals surface area contributed by atoms with Gasteiger partial charge in [0, 0.05) is 18.8 Å². The molecule has 0 aliphatic carbocycles. The van der Waals surface area contributed by atoms with Crippen LogP contribution < -0.4 is 10.1 Å². The second-order valence-electron chi connectivity index (χ2n) is 8.99. The van der Waals surface area contributed by atoms with Gasteiger partial charge in [0.25, 0.3) is 5.91 Å². The maximum absolute atomic E-state index is 12.9. The molecule has 3 aliphatic heterocycles. The Hall–Kier alpha value is -2.16. The molecule has 2 atom stereocenters. The highest BCUT2D eigenvalue weighted by Gasteiger charge is 2.32. The Morgan fingerprint density at radius 1 is 1.25 bits per heavy atom. The molecule has 4 nitrogen and oxygen atoms in total. The van der Waals surface area contributed by atoms with Crippen molar-refractivity contribution in [1.29, 1.82) is 0 Å². The standard InChI is InChI=1S/C22H25N2O2P.C5H12/c1-14-10-17(4-5-19(14)26-3)20-12-21(25)24-13-18(11-15(2)22(24)27-20)16-6-8-23-9-7-16;1-4-5(2)3/h4-6,10-13,22-23,27H,7-9H2,1-3H3;5H,4H2,1-3H3. The summed E-state index contributed by atoms with van der Waals surface area (Å²) in [6.45, 7) is 12.7. The second-order valence-corrected chi connectivity index (χ2v) is 10.4. The molecule has 3 aliphatic rings. The number of amides is 1. The van der Waals surface area contributed by atoms with Gasteiger partial charge in [-0.15, -0.1) is 0 Å². The zero-order valence-corrected chi connectivity index (χ0v) is 21.3. The zero-order chi connectivity index (χ0) is 23.3. The van der Waals surface area contributed by atoms with Crippen molar-refractivity contribution in [2.24, 2.45) is 5.92 Å². The van der Waals surface area contributed by atoms with Gasteiger partial charge in [0.2, 0.25) is 0 Å². The monoisotopic (exact) mass is 452 g/mol. The summed E-state index contributed by atoms with van der Waals surface area (Å²) in [5, 5.41) is 4.47. The fourth-order valence-electron chi connectivity index (χ4n) is 3.84. The van der Waals surface area contributed by atoms with Crippen molar-refractivity contribution >= 4 is 19.8 Å². The molecule has 4 rings (SSSR count). The molecule has 3 heterocycles. The number of ether oxygens (including phenoxy) is 1. The third-order valence-electron chi connectivity index (χ3n) is 6.14. The van der Waals surface area contributed by atoms with Crippen LogP contribution >= 0.6 is 8.58 Å². The Kier molecular flexibility index (Phi) is 8.51. The lowest BCUT2D eigenvalue weighted by Crippen LogP contribution is -2.38. The summed E-state index contributed by atoms with van der Waals surface area (Å²) < 4.78 is 5.36. The van der Waals surface area contributed by atoms with E-state index in [4.69, 9.17) is 4.74 Å². The topological polar surface area (TPSA) is 41.6 Å². The molecule has 0 saturated heterocycles. The summed E-state index contributed by atoms with van der Waals surface area (Å²) in [7, 11) is 2.22. The van der Waals surface area contributed by atoms with E-state index in [1.54, 1.807) is 13.2 Å². The maximum Gasteiger partial charge on any atom is 0.252 e. The van der Waals surface area contributed by atoms with Gasteiger partial charge in [-0.3, -0.25) is 4.79 Å². The van der Waals surface area contributed by atoms with Crippen molar-refractivity contribution < 1.29 is 9.53 Å². The number of carbonyl (C=O) groups excluding carboxylic acids is 1. The van der Waals surface area contributed by atoms with Crippen molar-refractivity contribution in [3.63, 3.8) is 0 Å². The predicted octanol–water partition coefficient (Wildman–Crippen LogP) is 6.01. The van der Waals surface area contributed by atoms with Gasteiger partial charge in [0.15, 0.2) is 0 Å². The summed E-state index contributed by atoms with van der Waals surface area (Å²) in [6, 6.07) is 6.15. The summed E-state index contributed by atoms with van der Waals surface area (Å²) in [4.78, 5) is 14.8. The average molecular weight is 453 g/mol. The predicted molar refractivity (Wildman–Crippen MR) is 137 cm³/mol. The first-order valence-corrected chi connectivity index (χ1v) is 12.7. The summed E-state index contributed by atoms with van der Waals surface area (Å²) in [5.74, 6) is 1.96. The Balaban J connectivity index is 0.000000523. The van der Waals surface area contributed by atoms with E-state index in [-0.39, 0.29) is 11.7 Å². The molecule has 1 aromatic carbocycles. The van der Waals surface area contributed by atoms with Gasteiger partial charge in [-0.25, -0.2) is 0 Å². The van der Waals surface area contributed by atoms with Crippen LogP contribution in [0.5, 0.6) is 5.75 Å². The minimum absolute atomic E-state index is 0.0710. The van der Waals surface area contributed by atoms with Crippen molar-refractivity contribution in [3.8, 4) is 5.75 Å². The van der Waals surface area contributed by atoms with Gasteiger partial charge >= 0.3 is 0 Å². The third kappa shape index (κ3) is 5.79. The minimum Gasteiger partial charge on any atom is -0.496 e. The lowest BCUT2D eigenvalue weighted by Gasteiger charge is -2.37. The van der Waals surface area contributed by atoms with E-state index in [9.17, 15) is 4.79 Å². The molecule has 0 radical (unpaired) electrons. The molecule has 0 bridgehead atoms. The van der Waals surface area contributed by atoms with Crippen LogP contribution in [0.4, 0.5) is 0 Å². The van der Waals surface area contributed by atoms with Crippen LogP contribution in [-0.2, 0) is 4.79 Å². The van der Waals surface area contributed by atoms with Crippen LogP contribution in [0.2, 0.25) is 0 Å². The van der Waals surface area contributed by atoms with Crippen LogP contribution in [-0.4, -0.2) is 36.8 Å². The second kappa shape index (κ2) is 11.1. The lowest BCUT2D eigenvalue weighted by molar-refractivity contribution is -0.123. The quantitative estimate of drug-likeness (QED) is 0.569. The van der Waals surface area contributed by atoms with Gasteiger partial charge in [-0.1, -0.05) is 54.0 Å². The Morgan fingerprint density at radius 3 is 2.59 bits per heavy atom. The van der Waals surface area contributed by atoms with E-state index in [0.29, 0.717) is 8.58 Å². The molecule has 0 saturated carbocycles. The number of hydrogen-bond acceptors (Lipinski definition) is 3. The van der Waals surface area contributed by atoms with Crippen molar-refractivity contribution in [3.05, 3.63) is 70.5 Å². The van der Waals surface area contributed by atoms with E-state index < -0.39 is 0 Å². The number of hydrogen-bond donors (Lipinski definition) is 1. The normalized spacial score (nSPS) is 21.2. The Bertz CT molecular complexity index is 972. The molecule has 0 spiro atoms. The van der Waals surface area contributed by atoms with Crippen LogP contribution in [0.15, 0.2) is 59.3 Å². The average Bonchev–Trinajstić information content (AvgIpc) is 2.80. The molecule has 172 valence electrons. The van der Waals surface area contributed by atoms with Gasteiger partial charge in [0.1, 0.15) is 5.75 Å². The molecule has 0 fully saturated rings. The first kappa shape index (κ1) is 24.5. The summed E-state index contributed by atoms with van der Waals surface area (Å²) in [5.41, 5.74) is 5.98. The van der Waals surface area contributed by atoms with Gasteiger partial charge < -0.3 is 15.0 Å². The van der Waals surface area contributed by atoms with Crippen molar-refractivity contribution in [1.82, 2.24) is 10.2 Å². The highest BCUT2D eigenvalue weighted by Crippen LogP contribution is 2.47. The molecule has 1 N–H and O–H groups in total. The maximum atomic E-state index is 12.9. The first-order valence-electron chi connectivity index (χ1n) is 11.6. The van der Waals surface area contributed by atoms with E-state index in [1.165, 1.54) is 23.1 Å². The van der Waals surface area contributed by atoms with E-state index in [0.717, 1.165) is 47.6 Å². The van der Waals surface area contributed by atoms with E-state index >= 15 is 0 Å². The number of nitrogens with zero attached hydrogens (tertiary/aromatic N) is 1. The van der Waals surface area contributed by atoms with Gasteiger partial charge in [-0.2, -0.15) is 0 Å². The number of benzene rings is 1. The largest absolute Gasteiger partial charge is 0.496 e. The Morgan fingerprint density at radius 2 is 2.00 bits per heavy atom. The highest BCUT2D eigenvalue weighted by molar-refractivity contribution is 7.51. The molecule has 5 heteroatoms. The fourth-order valence-corrected chi connectivity index (χ4v) is 5.31. The van der Waals surface area contributed by atoms with E-state index in [1.807, 2.05) is 17.9 Å². The summed E-state index contributed by atoms with van der Waals surface area (Å²) in [6.07, 6.45) is 10.7. The number of rotatable bonds is 4. The molecular formula is C27H37N2O2P. The van der Waals surface area contributed by atoms with Crippen LogP contribution in [0, 0.1) is 12.8 Å². The highest BCUT2D eigenvalue weighted by atomic mass is 31.1. The minimum atomic E-state index is 0.0710. The summed E-state index contributed by atoms with van der Waals surface area (Å²) >= 11 is 0. The van der Waals surface area contributed by atoms with E-state index in [2.05, 4.69) is 63.5 Å². The SMILES string of the molecule is CCC(C)C.COc1ccc(C2=CC(=O)N3C=C(C4=CCNCC4)C=C(C)C3P2)cc1C. The number of fused-ring (bicyclic) bond motifs is 1. The molecule has 32 heavy (non-hydrogen) atoms. The van der Waals surface area contributed by atoms with Gasteiger partial charge in [-0.05, 0) is 78.0 Å². The van der Waals surface area contributed by atoms with Crippen LogP contribution in [0.1, 0.15) is 51.7 Å². The number of nitrogens with one attached hydrogen (secondary N) is 1. The number of allylic oxidation sites excluding steroid dienone is 2. The molecule has 1 amide bonds. The smallest absolute Gasteiger partial charge is 0.252 e. The van der Waals surface area contributed by atoms with Gasteiger partial charge in [0.05, 0.1) is 12.9 Å². The molecule has 0 aromatic heterocycles. The van der Waals surface area contributed by atoms with Crippen molar-refractivity contribution in [2.75, 3.05) is 20.2 Å². The fraction of sp³-hybridized carbons (Fsp3) is 0.444. The first-order chi connectivity index (χ1) is 15.3. The molecular weight excluding hydrogens is 415 g/mol. The molecule has 2 unspecified atom stereocenters. The molecule has 1 aromatic rings. The van der Waals surface area contributed by atoms with Crippen LogP contribution in [0.25, 0.3) is 5.31 Å². The van der Waals surface area contributed by atoms with Crippen molar-refractivity contribution in [2.45, 2.75) is 53.2 Å². The lowest BCUT2D eigenvalue weighted by atomic mass is 9.96. The number of carbonyl (C=O) groups is 1. The Labute approximate surface area is 195 Å². The van der Waals surface area contributed by atoms with Crippen LogP contribution in [0.3, 0.4) is 0 Å². The zero-order valence-electron chi connectivity index (χ0n) is 20.3. The number of methoxy groups -OCH3 is 1. The number of aryl methyl sites for hydroxylation is 1. The third-order valence-corrected chi connectivity index (χ3v) is 7.89.